The van der Waals surface area contributed by atoms with Crippen LogP contribution in [0.15, 0.2) is 54.6 Å². The number of nitrogens with one attached hydrogen (secondary N) is 1. The molecule has 1 aliphatic rings. The zero-order valence-electron chi connectivity index (χ0n) is 14.0. The summed E-state index contributed by atoms with van der Waals surface area (Å²) in [6, 6.07) is 19.3. The molecule has 1 saturated heterocycles. The molecule has 1 aliphatic heterocycles. The quantitative estimate of drug-likeness (QED) is 0.673. The molecule has 0 amide bonds. The van der Waals surface area contributed by atoms with E-state index < -0.39 is 0 Å². The van der Waals surface area contributed by atoms with Gasteiger partial charge in [0.05, 0.1) is 6.54 Å². The molecule has 1 aromatic heterocycles. The van der Waals surface area contributed by atoms with E-state index in [1.54, 1.807) is 0 Å². The van der Waals surface area contributed by atoms with Crippen molar-refractivity contribution >= 4 is 10.9 Å². The number of ether oxygens (including phenoxy) is 1. The van der Waals surface area contributed by atoms with Crippen molar-refractivity contribution in [1.29, 1.82) is 0 Å². The van der Waals surface area contributed by atoms with Gasteiger partial charge in [0, 0.05) is 29.6 Å². The molecule has 1 atom stereocenters. The van der Waals surface area contributed by atoms with Crippen LogP contribution in [0.5, 0.6) is 0 Å². The Morgan fingerprint density at radius 2 is 1.88 bits per heavy atom. The van der Waals surface area contributed by atoms with E-state index in [2.05, 4.69) is 64.9 Å². The third-order valence-electron chi connectivity index (χ3n) is 4.93. The zero-order chi connectivity index (χ0) is 16.2. The number of aromatic nitrogens is 1. The SMILES string of the molecule is c1ccc(-c2[nH]c3ccccc3c2CC[NH2+]CC2CCCO2)cc1. The highest BCUT2D eigenvalue weighted by molar-refractivity contribution is 5.90. The second-order valence-corrected chi connectivity index (χ2v) is 6.59. The number of H-pyrrole nitrogens is 1. The molecule has 3 heteroatoms. The van der Waals surface area contributed by atoms with Crippen LogP contribution in [-0.2, 0) is 11.2 Å². The van der Waals surface area contributed by atoms with E-state index in [0.717, 1.165) is 26.1 Å². The first-order valence-corrected chi connectivity index (χ1v) is 9.00. The standard InChI is InChI=1S/C21H24N2O/c1-2-7-16(8-3-1)21-19(18-10-4-5-11-20(18)23-21)12-13-22-15-17-9-6-14-24-17/h1-5,7-8,10-11,17,22-23H,6,9,12-15H2/p+1. The van der Waals surface area contributed by atoms with Crippen molar-refractivity contribution in [1.82, 2.24) is 4.98 Å². The molecular formula is C21H25N2O+. The fourth-order valence-electron chi connectivity index (χ4n) is 3.69. The summed E-state index contributed by atoms with van der Waals surface area (Å²) < 4.78 is 5.72. The van der Waals surface area contributed by atoms with Crippen LogP contribution in [0.3, 0.4) is 0 Å². The first-order valence-electron chi connectivity index (χ1n) is 9.00. The highest BCUT2D eigenvalue weighted by Gasteiger charge is 2.17. The average Bonchev–Trinajstić information content (AvgIpc) is 3.27. The lowest BCUT2D eigenvalue weighted by Gasteiger charge is -2.09. The summed E-state index contributed by atoms with van der Waals surface area (Å²) in [5.41, 5.74) is 5.19. The highest BCUT2D eigenvalue weighted by atomic mass is 16.5. The molecule has 2 aromatic carbocycles. The third-order valence-corrected chi connectivity index (χ3v) is 4.93. The van der Waals surface area contributed by atoms with Gasteiger partial charge in [0.25, 0.3) is 0 Å². The Balaban J connectivity index is 1.54. The first kappa shape index (κ1) is 15.4. The van der Waals surface area contributed by atoms with Crippen molar-refractivity contribution in [3.05, 3.63) is 60.2 Å². The summed E-state index contributed by atoms with van der Waals surface area (Å²) in [5.74, 6) is 0. The Morgan fingerprint density at radius 3 is 2.71 bits per heavy atom. The molecule has 1 fully saturated rings. The molecule has 24 heavy (non-hydrogen) atoms. The summed E-state index contributed by atoms with van der Waals surface area (Å²) in [6.45, 7) is 3.13. The third kappa shape index (κ3) is 3.23. The Bertz CT molecular complexity index is 788. The Labute approximate surface area is 143 Å². The van der Waals surface area contributed by atoms with E-state index in [-0.39, 0.29) is 0 Å². The van der Waals surface area contributed by atoms with E-state index in [1.165, 1.54) is 40.6 Å². The van der Waals surface area contributed by atoms with Crippen molar-refractivity contribution < 1.29 is 10.1 Å². The Hall–Kier alpha value is -2.10. The van der Waals surface area contributed by atoms with Gasteiger partial charge in [0.2, 0.25) is 0 Å². The lowest BCUT2D eigenvalue weighted by Crippen LogP contribution is -2.86. The maximum atomic E-state index is 5.72. The van der Waals surface area contributed by atoms with E-state index >= 15 is 0 Å². The summed E-state index contributed by atoms with van der Waals surface area (Å²) in [4.78, 5) is 3.62. The van der Waals surface area contributed by atoms with Crippen LogP contribution in [-0.4, -0.2) is 30.8 Å². The number of para-hydroxylation sites is 1. The van der Waals surface area contributed by atoms with Gasteiger partial charge < -0.3 is 15.0 Å². The molecule has 0 aliphatic carbocycles. The number of quaternary nitrogens is 1. The number of hydrogen-bond acceptors (Lipinski definition) is 1. The summed E-state index contributed by atoms with van der Waals surface area (Å²) in [5, 5.41) is 3.76. The molecule has 0 saturated carbocycles. The van der Waals surface area contributed by atoms with Gasteiger partial charge in [0.1, 0.15) is 12.6 Å². The molecule has 3 aromatic rings. The predicted octanol–water partition coefficient (Wildman–Crippen LogP) is 3.12. The van der Waals surface area contributed by atoms with Crippen molar-refractivity contribution in [2.45, 2.75) is 25.4 Å². The first-order chi connectivity index (χ1) is 11.9. The van der Waals surface area contributed by atoms with Crippen LogP contribution in [0.2, 0.25) is 0 Å². The van der Waals surface area contributed by atoms with Gasteiger partial charge in [-0.1, -0.05) is 48.5 Å². The number of benzene rings is 2. The summed E-state index contributed by atoms with van der Waals surface area (Å²) in [6.07, 6.45) is 3.97. The second kappa shape index (κ2) is 7.20. The van der Waals surface area contributed by atoms with Gasteiger partial charge in [-0.3, -0.25) is 0 Å². The maximum Gasteiger partial charge on any atom is 0.106 e. The van der Waals surface area contributed by atoms with Crippen molar-refractivity contribution in [3.8, 4) is 11.3 Å². The molecule has 3 N–H and O–H groups in total. The normalized spacial score (nSPS) is 17.6. The zero-order valence-corrected chi connectivity index (χ0v) is 14.0. The fourth-order valence-corrected chi connectivity index (χ4v) is 3.69. The molecule has 3 nitrogen and oxygen atoms in total. The second-order valence-electron chi connectivity index (χ2n) is 6.59. The number of fused-ring (bicyclic) bond motifs is 1. The monoisotopic (exact) mass is 321 g/mol. The molecule has 4 rings (SSSR count). The largest absolute Gasteiger partial charge is 0.372 e. The minimum absolute atomic E-state index is 0.460. The lowest BCUT2D eigenvalue weighted by atomic mass is 10.0. The van der Waals surface area contributed by atoms with E-state index in [0.29, 0.717) is 6.10 Å². The number of hydrogen-bond donors (Lipinski definition) is 2. The van der Waals surface area contributed by atoms with E-state index in [4.69, 9.17) is 4.74 Å². The van der Waals surface area contributed by atoms with Crippen LogP contribution in [0.25, 0.3) is 22.2 Å². The van der Waals surface area contributed by atoms with Gasteiger partial charge >= 0.3 is 0 Å². The minimum Gasteiger partial charge on any atom is -0.372 e. The van der Waals surface area contributed by atoms with Crippen molar-refractivity contribution in [2.24, 2.45) is 0 Å². The fraction of sp³-hybridized carbons (Fsp3) is 0.333. The van der Waals surface area contributed by atoms with Crippen LogP contribution in [0.4, 0.5) is 0 Å². The van der Waals surface area contributed by atoms with E-state index in [1.807, 2.05) is 0 Å². The van der Waals surface area contributed by atoms with Crippen molar-refractivity contribution in [3.63, 3.8) is 0 Å². The lowest BCUT2D eigenvalue weighted by molar-refractivity contribution is -0.660. The summed E-state index contributed by atoms with van der Waals surface area (Å²) in [7, 11) is 0. The van der Waals surface area contributed by atoms with Gasteiger partial charge in [-0.05, 0) is 30.0 Å². The van der Waals surface area contributed by atoms with Crippen LogP contribution in [0.1, 0.15) is 18.4 Å². The Kier molecular flexibility index (Phi) is 4.63. The van der Waals surface area contributed by atoms with Crippen LogP contribution in [0, 0.1) is 0 Å². The topological polar surface area (TPSA) is 41.6 Å². The highest BCUT2D eigenvalue weighted by Crippen LogP contribution is 2.30. The van der Waals surface area contributed by atoms with Gasteiger partial charge in [-0.15, -0.1) is 0 Å². The number of rotatable bonds is 6. The van der Waals surface area contributed by atoms with Crippen molar-refractivity contribution in [2.75, 3.05) is 19.7 Å². The smallest absolute Gasteiger partial charge is 0.106 e. The van der Waals surface area contributed by atoms with Gasteiger partial charge in [0.15, 0.2) is 0 Å². The predicted molar refractivity (Wildman–Crippen MR) is 98.1 cm³/mol. The molecule has 1 unspecified atom stereocenters. The van der Waals surface area contributed by atoms with Gasteiger partial charge in [-0.2, -0.15) is 0 Å². The van der Waals surface area contributed by atoms with E-state index in [9.17, 15) is 0 Å². The number of nitrogens with two attached hydrogens (primary N) is 1. The number of aromatic amines is 1. The molecular weight excluding hydrogens is 296 g/mol. The molecule has 0 radical (unpaired) electrons. The minimum atomic E-state index is 0.460. The molecule has 2 heterocycles. The maximum absolute atomic E-state index is 5.72. The summed E-state index contributed by atoms with van der Waals surface area (Å²) >= 11 is 0. The Morgan fingerprint density at radius 1 is 1.04 bits per heavy atom. The van der Waals surface area contributed by atoms with Gasteiger partial charge in [-0.25, -0.2) is 0 Å². The average molecular weight is 321 g/mol. The van der Waals surface area contributed by atoms with Crippen LogP contribution >= 0.6 is 0 Å². The molecule has 0 bridgehead atoms. The van der Waals surface area contributed by atoms with Crippen LogP contribution < -0.4 is 5.32 Å². The molecule has 124 valence electrons. The molecule has 0 spiro atoms.